The molecule has 5 heteroatoms. The highest BCUT2D eigenvalue weighted by Crippen LogP contribution is 2.21. The van der Waals surface area contributed by atoms with Gasteiger partial charge in [-0.2, -0.15) is 0 Å². The van der Waals surface area contributed by atoms with E-state index in [0.29, 0.717) is 22.9 Å². The molecule has 0 saturated heterocycles. The van der Waals surface area contributed by atoms with Crippen LogP contribution < -0.4 is 5.32 Å². The van der Waals surface area contributed by atoms with Crippen LogP contribution in [0.15, 0.2) is 40.9 Å². The fourth-order valence-corrected chi connectivity index (χ4v) is 2.82. The molecule has 0 fully saturated rings. The summed E-state index contributed by atoms with van der Waals surface area (Å²) in [5.74, 6) is -0.666. The Hall–Kier alpha value is -0.970. The van der Waals surface area contributed by atoms with Crippen LogP contribution in [0.25, 0.3) is 0 Å². The van der Waals surface area contributed by atoms with E-state index in [1.54, 1.807) is 24.3 Å². The second-order valence-corrected chi connectivity index (χ2v) is 6.12. The fourth-order valence-electron chi connectivity index (χ4n) is 2.20. The van der Waals surface area contributed by atoms with Crippen molar-refractivity contribution in [2.24, 2.45) is 0 Å². The van der Waals surface area contributed by atoms with Gasteiger partial charge in [-0.15, -0.1) is 0 Å². The van der Waals surface area contributed by atoms with Gasteiger partial charge in [-0.25, -0.2) is 8.78 Å². The Morgan fingerprint density at radius 3 is 2.62 bits per heavy atom. The summed E-state index contributed by atoms with van der Waals surface area (Å²) in [6.07, 6.45) is 1.18. The van der Waals surface area contributed by atoms with Crippen molar-refractivity contribution in [1.29, 1.82) is 0 Å². The van der Waals surface area contributed by atoms with Crippen LogP contribution in [0.5, 0.6) is 0 Å². The average molecular weight is 375 g/mol. The van der Waals surface area contributed by atoms with Gasteiger partial charge in [0.05, 0.1) is 9.50 Å². The molecule has 0 saturated carbocycles. The molecule has 1 N–H and O–H groups in total. The number of likely N-dealkylation sites (N-methyl/N-ethyl adjacent to an activating group) is 1. The van der Waals surface area contributed by atoms with Crippen LogP contribution in [0.1, 0.15) is 11.1 Å². The Labute approximate surface area is 136 Å². The normalized spacial score (nSPS) is 12.4. The molecule has 0 aromatic heterocycles. The molecule has 0 radical (unpaired) electrons. The van der Waals surface area contributed by atoms with Gasteiger partial charge in [0.15, 0.2) is 0 Å². The SMILES string of the molecule is CNC(Cc1ccc(F)c(Br)c1)Cc1cccc(Cl)c1F. The third-order valence-corrected chi connectivity index (χ3v) is 4.27. The smallest absolute Gasteiger partial charge is 0.145 e. The second-order valence-electron chi connectivity index (χ2n) is 4.86. The minimum absolute atomic E-state index is 0.0373. The van der Waals surface area contributed by atoms with Gasteiger partial charge in [0.2, 0.25) is 0 Å². The Bertz CT molecular complexity index is 634. The predicted molar refractivity (Wildman–Crippen MR) is 85.8 cm³/mol. The first kappa shape index (κ1) is 16.4. The number of rotatable bonds is 5. The van der Waals surface area contributed by atoms with Crippen molar-refractivity contribution < 1.29 is 8.78 Å². The molecule has 1 atom stereocenters. The van der Waals surface area contributed by atoms with E-state index < -0.39 is 0 Å². The number of hydrogen-bond acceptors (Lipinski definition) is 1. The third kappa shape index (κ3) is 4.25. The Balaban J connectivity index is 2.13. The zero-order valence-electron chi connectivity index (χ0n) is 11.5. The molecule has 1 unspecified atom stereocenters. The van der Waals surface area contributed by atoms with Gasteiger partial charge in [0.1, 0.15) is 11.6 Å². The van der Waals surface area contributed by atoms with Crippen LogP contribution >= 0.6 is 27.5 Å². The van der Waals surface area contributed by atoms with Crippen LogP contribution in [-0.4, -0.2) is 13.1 Å². The average Bonchev–Trinajstić information content (AvgIpc) is 2.47. The van der Waals surface area contributed by atoms with Crippen molar-refractivity contribution >= 4 is 27.5 Å². The molecule has 2 aromatic carbocycles. The molecule has 0 amide bonds. The highest BCUT2D eigenvalue weighted by Gasteiger charge is 2.14. The number of hydrogen-bond donors (Lipinski definition) is 1. The lowest BCUT2D eigenvalue weighted by molar-refractivity contribution is 0.531. The standard InChI is InChI=1S/C16H15BrClF2N/c1-21-12(7-10-5-6-15(19)13(17)8-10)9-11-3-2-4-14(18)16(11)20/h2-6,8,12,21H,7,9H2,1H3. The lowest BCUT2D eigenvalue weighted by atomic mass is 9.99. The van der Waals surface area contributed by atoms with Gasteiger partial charge in [-0.1, -0.05) is 29.8 Å². The summed E-state index contributed by atoms with van der Waals surface area (Å²) in [5, 5.41) is 3.29. The first-order valence-electron chi connectivity index (χ1n) is 6.55. The Morgan fingerprint density at radius 2 is 1.95 bits per heavy atom. The molecule has 0 aliphatic heterocycles. The summed E-state index contributed by atoms with van der Waals surface area (Å²) in [5.41, 5.74) is 1.55. The van der Waals surface area contributed by atoms with E-state index in [-0.39, 0.29) is 22.7 Å². The molecule has 0 aliphatic rings. The number of nitrogens with one attached hydrogen (secondary N) is 1. The lowest BCUT2D eigenvalue weighted by Gasteiger charge is -2.17. The lowest BCUT2D eigenvalue weighted by Crippen LogP contribution is -2.30. The van der Waals surface area contributed by atoms with E-state index in [4.69, 9.17) is 11.6 Å². The van der Waals surface area contributed by atoms with E-state index in [0.717, 1.165) is 5.56 Å². The van der Waals surface area contributed by atoms with Gasteiger partial charge in [-0.3, -0.25) is 0 Å². The maximum absolute atomic E-state index is 13.9. The largest absolute Gasteiger partial charge is 0.316 e. The summed E-state index contributed by atoms with van der Waals surface area (Å²) in [7, 11) is 1.83. The van der Waals surface area contributed by atoms with Crippen LogP contribution in [0.3, 0.4) is 0 Å². The molecular weight excluding hydrogens is 360 g/mol. The fraction of sp³-hybridized carbons (Fsp3) is 0.250. The molecule has 112 valence electrons. The van der Waals surface area contributed by atoms with E-state index >= 15 is 0 Å². The minimum atomic E-state index is -0.375. The van der Waals surface area contributed by atoms with Gasteiger partial charge in [-0.05, 0) is 65.1 Å². The van der Waals surface area contributed by atoms with Crippen molar-refractivity contribution in [2.45, 2.75) is 18.9 Å². The maximum atomic E-state index is 13.9. The van der Waals surface area contributed by atoms with Gasteiger partial charge in [0, 0.05) is 6.04 Å². The van der Waals surface area contributed by atoms with Gasteiger partial charge < -0.3 is 5.32 Å². The molecule has 0 aliphatic carbocycles. The Morgan fingerprint density at radius 1 is 1.19 bits per heavy atom. The summed E-state index contributed by atoms with van der Waals surface area (Å²) in [6.45, 7) is 0. The zero-order valence-corrected chi connectivity index (χ0v) is 13.8. The Kier molecular flexibility index (Phi) is 5.73. The van der Waals surface area contributed by atoms with Crippen molar-refractivity contribution in [3.05, 3.63) is 68.7 Å². The highest BCUT2D eigenvalue weighted by molar-refractivity contribution is 9.10. The summed E-state index contributed by atoms with van der Waals surface area (Å²) in [6, 6.07) is 9.94. The molecule has 2 rings (SSSR count). The topological polar surface area (TPSA) is 12.0 Å². The molecule has 21 heavy (non-hydrogen) atoms. The van der Waals surface area contributed by atoms with E-state index in [2.05, 4.69) is 21.2 Å². The quantitative estimate of drug-likeness (QED) is 0.796. The van der Waals surface area contributed by atoms with Crippen molar-refractivity contribution in [3.8, 4) is 0 Å². The second kappa shape index (κ2) is 7.34. The number of benzene rings is 2. The highest BCUT2D eigenvalue weighted by atomic mass is 79.9. The van der Waals surface area contributed by atoms with Crippen molar-refractivity contribution in [2.75, 3.05) is 7.05 Å². The maximum Gasteiger partial charge on any atom is 0.145 e. The van der Waals surface area contributed by atoms with E-state index in [9.17, 15) is 8.78 Å². The summed E-state index contributed by atoms with van der Waals surface area (Å²) >= 11 is 8.97. The molecule has 0 spiro atoms. The van der Waals surface area contributed by atoms with Crippen molar-refractivity contribution in [3.63, 3.8) is 0 Å². The van der Waals surface area contributed by atoms with Gasteiger partial charge in [0.25, 0.3) is 0 Å². The van der Waals surface area contributed by atoms with Crippen LogP contribution in [0, 0.1) is 11.6 Å². The molecular formula is C16H15BrClF2N. The summed E-state index contributed by atoms with van der Waals surface area (Å²) in [4.78, 5) is 0. The predicted octanol–water partition coefficient (Wildman–Crippen LogP) is 4.75. The number of halogens is 4. The first-order valence-corrected chi connectivity index (χ1v) is 7.72. The molecule has 1 nitrogen and oxygen atoms in total. The van der Waals surface area contributed by atoms with Crippen LogP contribution in [0.2, 0.25) is 5.02 Å². The van der Waals surface area contributed by atoms with Gasteiger partial charge >= 0.3 is 0 Å². The molecule has 0 heterocycles. The van der Waals surface area contributed by atoms with Crippen LogP contribution in [-0.2, 0) is 12.8 Å². The zero-order chi connectivity index (χ0) is 15.4. The monoisotopic (exact) mass is 373 g/mol. The minimum Gasteiger partial charge on any atom is -0.316 e. The first-order chi connectivity index (χ1) is 10.0. The van der Waals surface area contributed by atoms with E-state index in [1.165, 1.54) is 12.1 Å². The molecule has 2 aromatic rings. The van der Waals surface area contributed by atoms with Crippen molar-refractivity contribution in [1.82, 2.24) is 5.32 Å². The van der Waals surface area contributed by atoms with E-state index in [1.807, 2.05) is 7.05 Å². The summed E-state index contributed by atoms with van der Waals surface area (Å²) < 4.78 is 27.6. The van der Waals surface area contributed by atoms with Crippen LogP contribution in [0.4, 0.5) is 8.78 Å². The molecule has 0 bridgehead atoms. The third-order valence-electron chi connectivity index (χ3n) is 3.37.